The SMILES string of the molecule is Cc1[nH]nc(CN2C[C@@H](Cc3cnccn3)[C@H](O)C2)c1Cl. The van der Waals surface area contributed by atoms with Gasteiger partial charge in [0.25, 0.3) is 0 Å². The van der Waals surface area contributed by atoms with Crippen LogP contribution in [-0.2, 0) is 13.0 Å². The highest BCUT2D eigenvalue weighted by Crippen LogP contribution is 2.25. The van der Waals surface area contributed by atoms with Gasteiger partial charge in [-0.25, -0.2) is 0 Å². The van der Waals surface area contributed by atoms with Crippen LogP contribution in [0.2, 0.25) is 5.02 Å². The normalized spacial score (nSPS) is 22.8. The smallest absolute Gasteiger partial charge is 0.0951 e. The van der Waals surface area contributed by atoms with E-state index in [2.05, 4.69) is 25.1 Å². The average Bonchev–Trinajstić information content (AvgIpc) is 2.98. The molecule has 0 radical (unpaired) electrons. The molecule has 3 heterocycles. The highest BCUT2D eigenvalue weighted by molar-refractivity contribution is 6.31. The molecule has 0 spiro atoms. The average molecular weight is 308 g/mol. The highest BCUT2D eigenvalue weighted by Gasteiger charge is 2.32. The van der Waals surface area contributed by atoms with Gasteiger partial charge in [-0.05, 0) is 13.3 Å². The van der Waals surface area contributed by atoms with Gasteiger partial charge >= 0.3 is 0 Å². The van der Waals surface area contributed by atoms with Gasteiger partial charge in [-0.15, -0.1) is 0 Å². The predicted octanol–water partition coefficient (Wildman–Crippen LogP) is 1.20. The summed E-state index contributed by atoms with van der Waals surface area (Å²) in [4.78, 5) is 10.5. The van der Waals surface area contributed by atoms with Crippen molar-refractivity contribution in [3.8, 4) is 0 Å². The number of β-amino-alcohol motifs (C(OH)–C–C–N with tert-alkyl or cyclic N) is 1. The van der Waals surface area contributed by atoms with Crippen molar-refractivity contribution >= 4 is 11.6 Å². The largest absolute Gasteiger partial charge is 0.391 e. The highest BCUT2D eigenvalue weighted by atomic mass is 35.5. The molecule has 1 fully saturated rings. The molecule has 6 nitrogen and oxygen atoms in total. The number of likely N-dealkylation sites (tertiary alicyclic amines) is 1. The Kier molecular flexibility index (Phi) is 4.19. The Hall–Kier alpha value is -1.50. The maximum Gasteiger partial charge on any atom is 0.0951 e. The van der Waals surface area contributed by atoms with E-state index in [4.69, 9.17) is 11.6 Å². The van der Waals surface area contributed by atoms with Gasteiger partial charge in [-0.1, -0.05) is 11.6 Å². The number of aliphatic hydroxyl groups excluding tert-OH is 1. The fourth-order valence-corrected chi connectivity index (χ4v) is 2.90. The molecular weight excluding hydrogens is 290 g/mol. The van der Waals surface area contributed by atoms with Crippen molar-refractivity contribution in [2.24, 2.45) is 5.92 Å². The number of aryl methyl sites for hydroxylation is 1. The van der Waals surface area contributed by atoms with Crippen molar-refractivity contribution in [3.05, 3.63) is 40.7 Å². The first-order valence-electron chi connectivity index (χ1n) is 6.98. The molecule has 2 aromatic rings. The van der Waals surface area contributed by atoms with Crippen LogP contribution < -0.4 is 0 Å². The molecule has 1 aliphatic rings. The first-order chi connectivity index (χ1) is 10.1. The zero-order chi connectivity index (χ0) is 14.8. The first kappa shape index (κ1) is 14.4. The van der Waals surface area contributed by atoms with Gasteiger partial charge in [0.1, 0.15) is 0 Å². The van der Waals surface area contributed by atoms with E-state index in [9.17, 15) is 5.11 Å². The summed E-state index contributed by atoms with van der Waals surface area (Å²) in [6, 6.07) is 0. The van der Waals surface area contributed by atoms with E-state index in [0.717, 1.165) is 30.0 Å². The lowest BCUT2D eigenvalue weighted by Crippen LogP contribution is -2.21. The van der Waals surface area contributed by atoms with Gasteiger partial charge in [0, 0.05) is 44.1 Å². The molecular formula is C14H18ClN5O. The van der Waals surface area contributed by atoms with Crippen LogP contribution in [0.1, 0.15) is 17.1 Å². The van der Waals surface area contributed by atoms with Gasteiger partial charge in [-0.2, -0.15) is 5.10 Å². The second kappa shape index (κ2) is 6.09. The van der Waals surface area contributed by atoms with Crippen molar-refractivity contribution < 1.29 is 5.11 Å². The van der Waals surface area contributed by atoms with Gasteiger partial charge in [0.15, 0.2) is 0 Å². The molecule has 1 aliphatic heterocycles. The number of halogens is 1. The zero-order valence-electron chi connectivity index (χ0n) is 11.8. The molecule has 7 heteroatoms. The summed E-state index contributed by atoms with van der Waals surface area (Å²) in [5.74, 6) is 0.167. The molecule has 2 N–H and O–H groups in total. The number of hydrogen-bond donors (Lipinski definition) is 2. The molecule has 0 amide bonds. The molecule has 0 unspecified atom stereocenters. The van der Waals surface area contributed by atoms with E-state index in [1.807, 2.05) is 6.92 Å². The number of aromatic amines is 1. The van der Waals surface area contributed by atoms with Gasteiger partial charge in [0.05, 0.1) is 28.2 Å². The minimum absolute atomic E-state index is 0.167. The molecule has 112 valence electrons. The molecule has 0 aromatic carbocycles. The number of rotatable bonds is 4. The molecule has 1 saturated heterocycles. The summed E-state index contributed by atoms with van der Waals surface area (Å²) in [5, 5.41) is 18.0. The predicted molar refractivity (Wildman–Crippen MR) is 78.8 cm³/mol. The molecule has 2 atom stereocenters. The summed E-state index contributed by atoms with van der Waals surface area (Å²) in [6.45, 7) is 3.99. The van der Waals surface area contributed by atoms with Crippen LogP contribution >= 0.6 is 11.6 Å². The Balaban J connectivity index is 1.62. The Morgan fingerprint density at radius 1 is 1.43 bits per heavy atom. The third-order valence-corrected chi connectivity index (χ3v) is 4.39. The van der Waals surface area contributed by atoms with E-state index in [1.54, 1.807) is 18.6 Å². The Bertz CT molecular complexity index is 603. The summed E-state index contributed by atoms with van der Waals surface area (Å²) in [7, 11) is 0. The number of hydrogen-bond acceptors (Lipinski definition) is 5. The number of H-pyrrole nitrogens is 1. The van der Waals surface area contributed by atoms with Crippen LogP contribution in [0.25, 0.3) is 0 Å². The third kappa shape index (κ3) is 3.23. The molecule has 0 aliphatic carbocycles. The number of aliphatic hydroxyl groups is 1. The first-order valence-corrected chi connectivity index (χ1v) is 7.36. The number of aromatic nitrogens is 4. The van der Waals surface area contributed by atoms with Gasteiger partial charge in [0.2, 0.25) is 0 Å². The fourth-order valence-electron chi connectivity index (χ4n) is 2.76. The molecule has 2 aromatic heterocycles. The van der Waals surface area contributed by atoms with Crippen LogP contribution in [0, 0.1) is 12.8 Å². The van der Waals surface area contributed by atoms with Crippen molar-refractivity contribution in [1.82, 2.24) is 25.1 Å². The monoisotopic (exact) mass is 307 g/mol. The van der Waals surface area contributed by atoms with Gasteiger partial charge in [-0.3, -0.25) is 20.0 Å². The van der Waals surface area contributed by atoms with E-state index in [-0.39, 0.29) is 12.0 Å². The molecule has 21 heavy (non-hydrogen) atoms. The lowest BCUT2D eigenvalue weighted by atomic mass is 10.0. The lowest BCUT2D eigenvalue weighted by molar-refractivity contribution is 0.140. The summed E-state index contributed by atoms with van der Waals surface area (Å²) < 4.78 is 0. The van der Waals surface area contributed by atoms with Crippen molar-refractivity contribution in [2.75, 3.05) is 13.1 Å². The van der Waals surface area contributed by atoms with E-state index in [0.29, 0.717) is 18.1 Å². The van der Waals surface area contributed by atoms with Gasteiger partial charge < -0.3 is 5.11 Å². The van der Waals surface area contributed by atoms with E-state index < -0.39 is 0 Å². The summed E-state index contributed by atoms with van der Waals surface area (Å²) in [5.41, 5.74) is 2.63. The third-order valence-electron chi connectivity index (χ3n) is 3.88. The number of nitrogens with one attached hydrogen (secondary N) is 1. The van der Waals surface area contributed by atoms with E-state index in [1.165, 1.54) is 0 Å². The maximum atomic E-state index is 10.2. The minimum atomic E-state index is -0.356. The number of nitrogens with zero attached hydrogens (tertiary/aromatic N) is 4. The topological polar surface area (TPSA) is 77.9 Å². The molecule has 0 bridgehead atoms. The fraction of sp³-hybridized carbons (Fsp3) is 0.500. The minimum Gasteiger partial charge on any atom is -0.391 e. The summed E-state index contributed by atoms with van der Waals surface area (Å²) >= 11 is 6.19. The van der Waals surface area contributed by atoms with Crippen LogP contribution in [0.15, 0.2) is 18.6 Å². The van der Waals surface area contributed by atoms with Crippen molar-refractivity contribution in [1.29, 1.82) is 0 Å². The van der Waals surface area contributed by atoms with E-state index >= 15 is 0 Å². The van der Waals surface area contributed by atoms with Crippen molar-refractivity contribution in [3.63, 3.8) is 0 Å². The quantitative estimate of drug-likeness (QED) is 0.887. The Morgan fingerprint density at radius 3 is 2.95 bits per heavy atom. The molecule has 3 rings (SSSR count). The van der Waals surface area contributed by atoms with Crippen LogP contribution in [0.5, 0.6) is 0 Å². The second-order valence-corrected chi connectivity index (χ2v) is 5.91. The standard InChI is InChI=1S/C14H18ClN5O/c1-9-14(15)12(19-18-9)7-20-6-10(13(21)8-20)4-11-5-16-2-3-17-11/h2-3,5,10,13,21H,4,6-8H2,1H3,(H,18,19)/t10-,13-/m1/s1. The molecule has 0 saturated carbocycles. The maximum absolute atomic E-state index is 10.2. The van der Waals surface area contributed by atoms with Crippen LogP contribution in [0.4, 0.5) is 0 Å². The zero-order valence-corrected chi connectivity index (χ0v) is 12.6. The van der Waals surface area contributed by atoms with Crippen LogP contribution in [0.3, 0.4) is 0 Å². The van der Waals surface area contributed by atoms with Crippen LogP contribution in [-0.4, -0.2) is 49.4 Å². The second-order valence-electron chi connectivity index (χ2n) is 5.53. The lowest BCUT2D eigenvalue weighted by Gasteiger charge is -2.14. The Morgan fingerprint density at radius 2 is 2.29 bits per heavy atom. The summed E-state index contributed by atoms with van der Waals surface area (Å²) in [6.07, 6.45) is 5.47. The Labute approximate surface area is 128 Å². The van der Waals surface area contributed by atoms with Crippen molar-refractivity contribution in [2.45, 2.75) is 26.0 Å².